The van der Waals surface area contributed by atoms with Gasteiger partial charge < -0.3 is 10.1 Å². The van der Waals surface area contributed by atoms with Crippen LogP contribution in [0.1, 0.15) is 39.5 Å². The molecule has 0 saturated carbocycles. The first-order chi connectivity index (χ1) is 7.61. The lowest BCUT2D eigenvalue weighted by molar-refractivity contribution is -0.124. The van der Waals surface area contributed by atoms with Gasteiger partial charge in [0.15, 0.2) is 0 Å². The third kappa shape index (κ3) is 3.49. The third-order valence-electron chi connectivity index (χ3n) is 2.99. The fraction of sp³-hybridized carbons (Fsp3) is 0.833. The molecular weight excluding hydrogens is 204 g/mol. The molecule has 0 spiro atoms. The molecule has 0 aromatic rings. The zero-order chi connectivity index (χ0) is 12.0. The highest BCUT2D eigenvalue weighted by molar-refractivity contribution is 5.81. The van der Waals surface area contributed by atoms with Gasteiger partial charge in [0.1, 0.15) is 5.92 Å². The molecule has 0 radical (unpaired) electrons. The first-order valence-electron chi connectivity index (χ1n) is 5.92. The van der Waals surface area contributed by atoms with Crippen molar-refractivity contribution in [2.75, 3.05) is 13.2 Å². The maximum absolute atomic E-state index is 11.7. The van der Waals surface area contributed by atoms with E-state index in [-0.39, 0.29) is 11.5 Å². The Morgan fingerprint density at radius 2 is 2.44 bits per heavy atom. The summed E-state index contributed by atoms with van der Waals surface area (Å²) < 4.78 is 5.57. The van der Waals surface area contributed by atoms with E-state index in [1.54, 1.807) is 0 Å². The molecule has 1 saturated heterocycles. The van der Waals surface area contributed by atoms with Crippen molar-refractivity contribution in [3.63, 3.8) is 0 Å². The van der Waals surface area contributed by atoms with Crippen LogP contribution in [0.15, 0.2) is 0 Å². The highest BCUT2D eigenvalue weighted by atomic mass is 16.5. The largest absolute Gasteiger partial charge is 0.373 e. The highest BCUT2D eigenvalue weighted by Gasteiger charge is 2.30. The van der Waals surface area contributed by atoms with Crippen molar-refractivity contribution in [3.8, 4) is 6.07 Å². The van der Waals surface area contributed by atoms with Gasteiger partial charge in [0.25, 0.3) is 0 Å². The molecule has 4 heteroatoms. The van der Waals surface area contributed by atoms with Gasteiger partial charge in [-0.25, -0.2) is 0 Å². The number of amides is 1. The molecule has 0 aliphatic carbocycles. The van der Waals surface area contributed by atoms with Crippen molar-refractivity contribution >= 4 is 5.91 Å². The standard InChI is InChI=1S/C12H20N2O2/c1-3-5-10(8-13)11(15)14-9-12(2)6-4-7-16-12/h10H,3-7,9H2,1-2H3,(H,14,15). The van der Waals surface area contributed by atoms with Gasteiger partial charge in [0.2, 0.25) is 5.91 Å². The van der Waals surface area contributed by atoms with Gasteiger partial charge in [-0.3, -0.25) is 4.79 Å². The lowest BCUT2D eigenvalue weighted by atomic mass is 10.0. The quantitative estimate of drug-likeness (QED) is 0.771. The van der Waals surface area contributed by atoms with E-state index in [0.29, 0.717) is 13.0 Å². The predicted octanol–water partition coefficient (Wildman–Crippen LogP) is 1.61. The number of nitrogens with zero attached hydrogens (tertiary/aromatic N) is 1. The molecule has 2 unspecified atom stereocenters. The summed E-state index contributed by atoms with van der Waals surface area (Å²) in [5, 5.41) is 11.7. The van der Waals surface area contributed by atoms with Crippen LogP contribution in [-0.2, 0) is 9.53 Å². The summed E-state index contributed by atoms with van der Waals surface area (Å²) in [6, 6.07) is 2.04. The Morgan fingerprint density at radius 3 is 2.94 bits per heavy atom. The van der Waals surface area contributed by atoms with E-state index >= 15 is 0 Å². The number of carbonyl (C=O) groups excluding carboxylic acids is 1. The monoisotopic (exact) mass is 224 g/mol. The topological polar surface area (TPSA) is 62.1 Å². The highest BCUT2D eigenvalue weighted by Crippen LogP contribution is 2.24. The Labute approximate surface area is 97.0 Å². The van der Waals surface area contributed by atoms with Gasteiger partial charge in [0.05, 0.1) is 11.7 Å². The fourth-order valence-electron chi connectivity index (χ4n) is 1.92. The molecule has 1 aliphatic rings. The minimum absolute atomic E-state index is 0.166. The fourth-order valence-corrected chi connectivity index (χ4v) is 1.92. The van der Waals surface area contributed by atoms with Crippen LogP contribution >= 0.6 is 0 Å². The molecule has 1 aliphatic heterocycles. The first kappa shape index (κ1) is 13.0. The maximum atomic E-state index is 11.7. The van der Waals surface area contributed by atoms with Crippen LogP contribution in [0, 0.1) is 17.2 Å². The Balaban J connectivity index is 2.36. The lowest BCUT2D eigenvalue weighted by Crippen LogP contribution is -2.42. The van der Waals surface area contributed by atoms with Gasteiger partial charge in [-0.15, -0.1) is 0 Å². The van der Waals surface area contributed by atoms with Crippen LogP contribution < -0.4 is 5.32 Å². The Hall–Kier alpha value is -1.08. The van der Waals surface area contributed by atoms with E-state index in [0.717, 1.165) is 25.9 Å². The summed E-state index contributed by atoms with van der Waals surface area (Å²) >= 11 is 0. The third-order valence-corrected chi connectivity index (χ3v) is 2.99. The van der Waals surface area contributed by atoms with E-state index in [1.807, 2.05) is 19.9 Å². The van der Waals surface area contributed by atoms with Crippen LogP contribution in [0.4, 0.5) is 0 Å². The molecule has 1 amide bonds. The summed E-state index contributed by atoms with van der Waals surface area (Å²) in [4.78, 5) is 11.7. The zero-order valence-electron chi connectivity index (χ0n) is 10.1. The maximum Gasteiger partial charge on any atom is 0.237 e. The summed E-state index contributed by atoms with van der Waals surface area (Å²) in [5.41, 5.74) is -0.234. The average molecular weight is 224 g/mol. The smallest absolute Gasteiger partial charge is 0.237 e. The van der Waals surface area contributed by atoms with E-state index in [9.17, 15) is 4.79 Å². The number of nitrogens with one attached hydrogen (secondary N) is 1. The first-order valence-corrected chi connectivity index (χ1v) is 5.92. The van der Waals surface area contributed by atoms with E-state index in [4.69, 9.17) is 10.00 Å². The van der Waals surface area contributed by atoms with Gasteiger partial charge in [-0.05, 0) is 26.2 Å². The molecule has 16 heavy (non-hydrogen) atoms. The second-order valence-electron chi connectivity index (χ2n) is 4.59. The summed E-state index contributed by atoms with van der Waals surface area (Å²) in [7, 11) is 0. The second kappa shape index (κ2) is 5.86. The molecule has 1 N–H and O–H groups in total. The Kier molecular flexibility index (Phi) is 4.75. The Morgan fingerprint density at radius 1 is 1.69 bits per heavy atom. The van der Waals surface area contributed by atoms with Gasteiger partial charge in [-0.1, -0.05) is 13.3 Å². The zero-order valence-corrected chi connectivity index (χ0v) is 10.1. The van der Waals surface area contributed by atoms with E-state index in [2.05, 4.69) is 5.32 Å². The van der Waals surface area contributed by atoms with Crippen LogP contribution in [0.3, 0.4) is 0 Å². The second-order valence-corrected chi connectivity index (χ2v) is 4.59. The summed E-state index contributed by atoms with van der Waals surface area (Å²) in [6.45, 7) is 5.25. The van der Waals surface area contributed by atoms with Crippen molar-refractivity contribution in [3.05, 3.63) is 0 Å². The minimum atomic E-state index is -0.519. The number of hydrogen-bond acceptors (Lipinski definition) is 3. The van der Waals surface area contributed by atoms with Gasteiger partial charge in [0, 0.05) is 13.2 Å². The molecule has 1 heterocycles. The van der Waals surface area contributed by atoms with Crippen molar-refractivity contribution in [2.45, 2.75) is 45.1 Å². The number of hydrogen-bond donors (Lipinski definition) is 1. The molecule has 1 fully saturated rings. The predicted molar refractivity (Wildman–Crippen MR) is 60.6 cm³/mol. The Bertz CT molecular complexity index is 277. The van der Waals surface area contributed by atoms with Gasteiger partial charge in [-0.2, -0.15) is 5.26 Å². The lowest BCUT2D eigenvalue weighted by Gasteiger charge is -2.23. The normalized spacial score (nSPS) is 26.1. The van der Waals surface area contributed by atoms with Crippen LogP contribution in [0.2, 0.25) is 0 Å². The van der Waals surface area contributed by atoms with Crippen LogP contribution in [0.5, 0.6) is 0 Å². The van der Waals surface area contributed by atoms with Crippen LogP contribution in [0.25, 0.3) is 0 Å². The number of ether oxygens (including phenoxy) is 1. The molecule has 2 atom stereocenters. The van der Waals surface area contributed by atoms with Crippen molar-refractivity contribution in [1.82, 2.24) is 5.32 Å². The number of nitriles is 1. The molecule has 0 aromatic heterocycles. The SMILES string of the molecule is CCCC(C#N)C(=O)NCC1(C)CCCO1. The molecule has 90 valence electrons. The van der Waals surface area contributed by atoms with Crippen molar-refractivity contribution < 1.29 is 9.53 Å². The summed E-state index contributed by atoms with van der Waals surface area (Å²) in [5.74, 6) is -0.684. The summed E-state index contributed by atoms with van der Waals surface area (Å²) in [6.07, 6.45) is 3.49. The van der Waals surface area contributed by atoms with Crippen molar-refractivity contribution in [1.29, 1.82) is 5.26 Å². The van der Waals surface area contributed by atoms with Gasteiger partial charge >= 0.3 is 0 Å². The van der Waals surface area contributed by atoms with Crippen molar-refractivity contribution in [2.24, 2.45) is 5.92 Å². The molecule has 4 nitrogen and oxygen atoms in total. The molecular formula is C12H20N2O2. The minimum Gasteiger partial charge on any atom is -0.373 e. The molecule has 0 bridgehead atoms. The van der Waals surface area contributed by atoms with E-state index < -0.39 is 5.92 Å². The number of carbonyl (C=O) groups is 1. The van der Waals surface area contributed by atoms with Crippen LogP contribution in [-0.4, -0.2) is 24.7 Å². The number of rotatable bonds is 5. The average Bonchev–Trinajstić information content (AvgIpc) is 2.70. The molecule has 0 aromatic carbocycles. The molecule has 1 rings (SSSR count). The van der Waals surface area contributed by atoms with E-state index in [1.165, 1.54) is 0 Å².